The van der Waals surface area contributed by atoms with E-state index in [4.69, 9.17) is 9.26 Å². The largest absolute Gasteiger partial charge is 0.469 e. The van der Waals surface area contributed by atoms with E-state index in [1.54, 1.807) is 11.0 Å². The minimum absolute atomic E-state index is 0.0203. The van der Waals surface area contributed by atoms with Gasteiger partial charge in [-0.15, -0.1) is 0 Å². The summed E-state index contributed by atoms with van der Waals surface area (Å²) < 4.78 is 15.6. The van der Waals surface area contributed by atoms with Crippen LogP contribution in [0.1, 0.15) is 29.8 Å². The summed E-state index contributed by atoms with van der Waals surface area (Å²) in [6, 6.07) is 11.1. The van der Waals surface area contributed by atoms with Gasteiger partial charge in [-0.2, -0.15) is 0 Å². The predicted molar refractivity (Wildman–Crippen MR) is 93.4 cm³/mol. The van der Waals surface area contributed by atoms with Crippen LogP contribution in [0.3, 0.4) is 0 Å². The maximum atomic E-state index is 12.9. The minimum Gasteiger partial charge on any atom is -0.469 e. The Balaban J connectivity index is 1.73. The number of benzene rings is 1. The van der Waals surface area contributed by atoms with Crippen molar-refractivity contribution in [2.24, 2.45) is 0 Å². The summed E-state index contributed by atoms with van der Waals surface area (Å²) in [7, 11) is 1.33. The first-order valence-corrected chi connectivity index (χ1v) is 8.67. The fourth-order valence-corrected chi connectivity index (χ4v) is 2.91. The van der Waals surface area contributed by atoms with E-state index >= 15 is 0 Å². The Morgan fingerprint density at radius 3 is 2.81 bits per heavy atom. The molecule has 138 valence electrons. The molecule has 1 atom stereocenters. The number of hydrogen-bond acceptors (Lipinski definition) is 6. The first-order chi connectivity index (χ1) is 12.7. The Labute approximate surface area is 151 Å². The SMILES string of the molecule is COC(=O)CCN(CC1CCCO1)C(=O)c1cc(-c2ccccc2)no1. The van der Waals surface area contributed by atoms with E-state index in [1.807, 2.05) is 30.3 Å². The molecule has 0 bridgehead atoms. The highest BCUT2D eigenvalue weighted by Gasteiger charge is 2.26. The molecule has 0 N–H and O–H groups in total. The summed E-state index contributed by atoms with van der Waals surface area (Å²) in [5, 5.41) is 3.99. The molecule has 2 heterocycles. The van der Waals surface area contributed by atoms with Gasteiger partial charge in [-0.1, -0.05) is 35.5 Å². The van der Waals surface area contributed by atoms with Gasteiger partial charge in [0.1, 0.15) is 5.69 Å². The molecule has 26 heavy (non-hydrogen) atoms. The topological polar surface area (TPSA) is 81.9 Å². The highest BCUT2D eigenvalue weighted by atomic mass is 16.5. The van der Waals surface area contributed by atoms with Crippen LogP contribution in [0, 0.1) is 0 Å². The van der Waals surface area contributed by atoms with E-state index in [0.29, 0.717) is 18.8 Å². The van der Waals surface area contributed by atoms with Gasteiger partial charge in [0.2, 0.25) is 5.76 Å². The molecule has 1 aromatic heterocycles. The van der Waals surface area contributed by atoms with Gasteiger partial charge < -0.3 is 18.9 Å². The molecule has 7 heteroatoms. The van der Waals surface area contributed by atoms with Gasteiger partial charge in [0.25, 0.3) is 5.91 Å². The molecule has 3 rings (SSSR count). The first-order valence-electron chi connectivity index (χ1n) is 8.67. The quantitative estimate of drug-likeness (QED) is 0.708. The number of carbonyl (C=O) groups excluding carboxylic acids is 2. The van der Waals surface area contributed by atoms with Crippen LogP contribution in [0.2, 0.25) is 0 Å². The van der Waals surface area contributed by atoms with Crippen molar-refractivity contribution in [1.29, 1.82) is 0 Å². The van der Waals surface area contributed by atoms with Crippen LogP contribution in [-0.2, 0) is 14.3 Å². The summed E-state index contributed by atoms with van der Waals surface area (Å²) in [4.78, 5) is 25.9. The average molecular weight is 358 g/mol. The highest BCUT2D eigenvalue weighted by Crippen LogP contribution is 2.21. The second-order valence-corrected chi connectivity index (χ2v) is 6.15. The molecular weight excluding hydrogens is 336 g/mol. The Morgan fingerprint density at radius 1 is 1.31 bits per heavy atom. The number of methoxy groups -OCH3 is 1. The van der Waals surface area contributed by atoms with Crippen molar-refractivity contribution >= 4 is 11.9 Å². The number of aromatic nitrogens is 1. The van der Waals surface area contributed by atoms with Crippen LogP contribution in [0.25, 0.3) is 11.3 Å². The fraction of sp³-hybridized carbons (Fsp3) is 0.421. The van der Waals surface area contributed by atoms with Gasteiger partial charge in [0.15, 0.2) is 0 Å². The number of ether oxygens (including phenoxy) is 2. The van der Waals surface area contributed by atoms with Crippen molar-refractivity contribution < 1.29 is 23.6 Å². The molecule has 0 spiro atoms. The maximum Gasteiger partial charge on any atom is 0.307 e. The second kappa shape index (κ2) is 8.62. The molecule has 1 aliphatic heterocycles. The molecule has 7 nitrogen and oxygen atoms in total. The van der Waals surface area contributed by atoms with Crippen LogP contribution in [0.15, 0.2) is 40.9 Å². The molecule has 1 aliphatic rings. The third kappa shape index (κ3) is 4.49. The lowest BCUT2D eigenvalue weighted by Crippen LogP contribution is -2.38. The zero-order chi connectivity index (χ0) is 18.4. The number of carbonyl (C=O) groups is 2. The summed E-state index contributed by atoms with van der Waals surface area (Å²) in [5.41, 5.74) is 1.47. The summed E-state index contributed by atoms with van der Waals surface area (Å²) in [6.07, 6.45) is 1.97. The van der Waals surface area contributed by atoms with Crippen LogP contribution in [-0.4, -0.2) is 54.8 Å². The Hall–Kier alpha value is -2.67. The van der Waals surface area contributed by atoms with Crippen molar-refractivity contribution in [2.45, 2.75) is 25.4 Å². The zero-order valence-electron chi connectivity index (χ0n) is 14.7. The van der Waals surface area contributed by atoms with Gasteiger partial charge in [0, 0.05) is 31.3 Å². The summed E-state index contributed by atoms with van der Waals surface area (Å²) in [6.45, 7) is 1.36. The Morgan fingerprint density at radius 2 is 2.12 bits per heavy atom. The normalized spacial score (nSPS) is 16.4. The first kappa shape index (κ1) is 18.1. The standard InChI is InChI=1S/C19H22N2O5/c1-24-18(22)9-10-21(13-15-8-5-11-25-15)19(23)17-12-16(20-26-17)14-6-3-2-4-7-14/h2-4,6-7,12,15H,5,8-11,13H2,1H3. The predicted octanol–water partition coefficient (Wildman–Crippen LogP) is 2.53. The fourth-order valence-electron chi connectivity index (χ4n) is 2.91. The zero-order valence-corrected chi connectivity index (χ0v) is 14.7. The van der Waals surface area contributed by atoms with Gasteiger partial charge in [0.05, 0.1) is 19.6 Å². The van der Waals surface area contributed by atoms with Crippen molar-refractivity contribution in [3.8, 4) is 11.3 Å². The van der Waals surface area contributed by atoms with Crippen LogP contribution < -0.4 is 0 Å². The summed E-state index contributed by atoms with van der Waals surface area (Å²) >= 11 is 0. The van der Waals surface area contributed by atoms with Gasteiger partial charge >= 0.3 is 5.97 Å². The molecule has 1 amide bonds. The van der Waals surface area contributed by atoms with E-state index in [-0.39, 0.29) is 36.7 Å². The van der Waals surface area contributed by atoms with E-state index in [0.717, 1.165) is 18.4 Å². The molecule has 2 aromatic rings. The lowest BCUT2D eigenvalue weighted by atomic mass is 10.1. The highest BCUT2D eigenvalue weighted by molar-refractivity contribution is 5.92. The second-order valence-electron chi connectivity index (χ2n) is 6.15. The van der Waals surface area contributed by atoms with E-state index in [9.17, 15) is 9.59 Å². The number of hydrogen-bond donors (Lipinski definition) is 0. The molecular formula is C19H22N2O5. The molecule has 0 aliphatic carbocycles. The maximum absolute atomic E-state index is 12.9. The van der Waals surface area contributed by atoms with Gasteiger partial charge in [-0.3, -0.25) is 9.59 Å². The molecule has 0 saturated carbocycles. The van der Waals surface area contributed by atoms with Gasteiger partial charge in [-0.05, 0) is 12.8 Å². The van der Waals surface area contributed by atoms with Crippen LogP contribution >= 0.6 is 0 Å². The van der Waals surface area contributed by atoms with E-state index < -0.39 is 0 Å². The Kier molecular flexibility index (Phi) is 6.01. The molecule has 1 fully saturated rings. The minimum atomic E-state index is -0.363. The number of rotatable bonds is 7. The summed E-state index contributed by atoms with van der Waals surface area (Å²) in [5.74, 6) is -0.525. The van der Waals surface area contributed by atoms with Crippen molar-refractivity contribution in [1.82, 2.24) is 10.1 Å². The monoisotopic (exact) mass is 358 g/mol. The van der Waals surface area contributed by atoms with Crippen molar-refractivity contribution in [2.75, 3.05) is 26.8 Å². The lowest BCUT2D eigenvalue weighted by molar-refractivity contribution is -0.140. The smallest absolute Gasteiger partial charge is 0.307 e. The Bertz CT molecular complexity index is 737. The molecule has 1 saturated heterocycles. The third-order valence-corrected chi connectivity index (χ3v) is 4.34. The lowest BCUT2D eigenvalue weighted by Gasteiger charge is -2.23. The molecule has 1 unspecified atom stereocenters. The van der Waals surface area contributed by atoms with E-state index in [2.05, 4.69) is 9.89 Å². The van der Waals surface area contributed by atoms with Crippen LogP contribution in [0.4, 0.5) is 0 Å². The average Bonchev–Trinajstić information content (AvgIpc) is 3.37. The molecule has 0 radical (unpaired) electrons. The number of esters is 1. The number of amides is 1. The van der Waals surface area contributed by atoms with Crippen molar-refractivity contribution in [3.05, 3.63) is 42.2 Å². The van der Waals surface area contributed by atoms with Crippen LogP contribution in [0.5, 0.6) is 0 Å². The molecule has 1 aromatic carbocycles. The van der Waals surface area contributed by atoms with Gasteiger partial charge in [-0.25, -0.2) is 0 Å². The number of nitrogens with zero attached hydrogens (tertiary/aromatic N) is 2. The third-order valence-electron chi connectivity index (χ3n) is 4.34. The van der Waals surface area contributed by atoms with E-state index in [1.165, 1.54) is 7.11 Å². The van der Waals surface area contributed by atoms with Crippen molar-refractivity contribution in [3.63, 3.8) is 0 Å².